The predicted molar refractivity (Wildman–Crippen MR) is 303 cm³/mol. The Bertz CT molecular complexity index is 3940. The molecule has 0 fully saturated rings. The zero-order valence-corrected chi connectivity index (χ0v) is 45.9. The number of para-hydroxylation sites is 4. The number of benzene rings is 8. The number of rotatable bonds is 7. The summed E-state index contributed by atoms with van der Waals surface area (Å²) >= 11 is 0. The molecule has 0 aliphatic carbocycles. The van der Waals surface area contributed by atoms with Crippen molar-refractivity contribution in [1.29, 1.82) is 0 Å². The Balaban J connectivity index is 0.00000588. The first-order valence-corrected chi connectivity index (χ1v) is 25.3. The fraction of sp³-hybridized carbons (Fsp3) is 0.194. The molecule has 0 atom stereocenters. The summed E-state index contributed by atoms with van der Waals surface area (Å²) in [7, 11) is 0. The van der Waals surface area contributed by atoms with Gasteiger partial charge in [0.2, 0.25) is 0 Å². The Morgan fingerprint density at radius 2 is 1.14 bits per heavy atom. The number of nitrogens with zero attached hydrogens (tertiary/aromatic N) is 4. The Labute approximate surface area is 449 Å². The second-order valence-electron chi connectivity index (χ2n) is 22.8. The van der Waals surface area contributed by atoms with Crippen molar-refractivity contribution in [1.82, 2.24) is 9.55 Å². The molecule has 12 rings (SSSR count). The zero-order chi connectivity index (χ0) is 50.6. The van der Waals surface area contributed by atoms with Crippen molar-refractivity contribution >= 4 is 66.5 Å². The van der Waals surface area contributed by atoms with Gasteiger partial charge in [-0.2, -0.15) is 6.07 Å². The van der Waals surface area contributed by atoms with Gasteiger partial charge in [-0.3, -0.25) is 0 Å². The van der Waals surface area contributed by atoms with Gasteiger partial charge in [-0.25, -0.2) is 4.98 Å². The molecule has 0 radical (unpaired) electrons. The summed E-state index contributed by atoms with van der Waals surface area (Å²) in [6.45, 7) is 24.8. The predicted octanol–water partition coefficient (Wildman–Crippen LogP) is 18.4. The van der Waals surface area contributed by atoms with E-state index in [4.69, 9.17) is 14.1 Å². The molecule has 11 aromatic rings. The second-order valence-corrected chi connectivity index (χ2v) is 22.8. The van der Waals surface area contributed by atoms with Gasteiger partial charge in [0.05, 0.1) is 0 Å². The number of anilines is 4. The number of hydrogen-bond acceptors (Lipinski definition) is 5. The monoisotopic (exact) mass is 1150 g/mol. The molecule has 0 amide bonds. The zero-order valence-electron chi connectivity index (χ0n) is 43.7. The van der Waals surface area contributed by atoms with E-state index in [0.717, 1.165) is 106 Å². The third kappa shape index (κ3) is 8.77. The maximum atomic E-state index is 6.90. The van der Waals surface area contributed by atoms with Crippen LogP contribution in [0.5, 0.6) is 11.5 Å². The third-order valence-corrected chi connectivity index (χ3v) is 14.5. The van der Waals surface area contributed by atoms with Crippen molar-refractivity contribution in [3.05, 3.63) is 211 Å². The van der Waals surface area contributed by atoms with E-state index in [9.17, 15) is 0 Å². The number of furan rings is 1. The van der Waals surface area contributed by atoms with Crippen LogP contribution >= 0.6 is 0 Å². The summed E-state index contributed by atoms with van der Waals surface area (Å²) < 4.78 is 15.4. The average molecular weight is 1150 g/mol. The van der Waals surface area contributed by atoms with Crippen molar-refractivity contribution in [2.45, 2.75) is 85.5 Å². The maximum Gasteiger partial charge on any atom is 0.136 e. The van der Waals surface area contributed by atoms with E-state index in [1.54, 1.807) is 0 Å². The van der Waals surface area contributed by atoms with E-state index in [1.807, 2.05) is 24.4 Å². The Hall–Kier alpha value is -7.40. The third-order valence-electron chi connectivity index (χ3n) is 14.5. The van der Waals surface area contributed by atoms with Crippen LogP contribution in [0.1, 0.15) is 84.6 Å². The second kappa shape index (κ2) is 18.2. The van der Waals surface area contributed by atoms with Gasteiger partial charge in [-0.1, -0.05) is 147 Å². The van der Waals surface area contributed by atoms with Crippen molar-refractivity contribution in [3.8, 4) is 39.6 Å². The Morgan fingerprint density at radius 3 is 1.86 bits per heavy atom. The summed E-state index contributed by atoms with van der Waals surface area (Å²) in [6, 6.07) is 65.7. The van der Waals surface area contributed by atoms with Crippen molar-refractivity contribution in [2.75, 3.05) is 9.80 Å². The van der Waals surface area contributed by atoms with Gasteiger partial charge in [-0.15, -0.1) is 53.6 Å². The van der Waals surface area contributed by atoms with Crippen LogP contribution < -0.4 is 14.5 Å². The molecule has 6 nitrogen and oxygen atoms in total. The van der Waals surface area contributed by atoms with Gasteiger partial charge < -0.3 is 23.5 Å². The van der Waals surface area contributed by atoms with E-state index in [2.05, 4.69) is 248 Å². The number of ether oxygens (including phenoxy) is 1. The minimum Gasteiger partial charge on any atom is -0.509 e. The molecule has 0 saturated heterocycles. The molecule has 0 unspecified atom stereocenters. The van der Waals surface area contributed by atoms with E-state index in [0.29, 0.717) is 11.5 Å². The summed E-state index contributed by atoms with van der Waals surface area (Å²) in [5.41, 5.74) is 17.0. The summed E-state index contributed by atoms with van der Waals surface area (Å²) in [6.07, 6.45) is 2.00. The van der Waals surface area contributed by atoms with Crippen molar-refractivity contribution in [3.63, 3.8) is 0 Å². The molecule has 74 heavy (non-hydrogen) atoms. The molecule has 3 aromatic heterocycles. The number of aryl methyl sites for hydroxylation is 1. The minimum atomic E-state index is -0.176. The van der Waals surface area contributed by atoms with Gasteiger partial charge in [0, 0.05) is 77.7 Å². The van der Waals surface area contributed by atoms with Crippen LogP contribution in [0, 0.1) is 25.7 Å². The standard InChI is InChI=1S/C67H59N4O2.Pt/c1-42-30-64(68-40-57(42)45-19-17-18-43(31-45)44-26-28-56-55-21-12-16-25-62(55)73-63(56)32-44)71-58-22-13-11-20-53(58)54-29-27-51(39-61(54)71)72-52-37-48(67(8,9)10)36-50(38-52)70-41-69(59-23-14-15-24-60(59)70)49-34-46(65(2,3)4)33-47(35-49)66(5,6)7;/h11-37,40-41H,1-10H3;/q-3;. The largest absolute Gasteiger partial charge is 0.509 e. The summed E-state index contributed by atoms with van der Waals surface area (Å²) in [5.74, 6) is 2.02. The van der Waals surface area contributed by atoms with E-state index >= 15 is 0 Å². The quantitative estimate of drug-likeness (QED) is 0.149. The minimum absolute atomic E-state index is 0. The van der Waals surface area contributed by atoms with Crippen LogP contribution in [-0.2, 0) is 37.3 Å². The van der Waals surface area contributed by atoms with Crippen LogP contribution in [0.3, 0.4) is 0 Å². The maximum absolute atomic E-state index is 6.90. The van der Waals surface area contributed by atoms with Crippen LogP contribution in [-0.4, -0.2) is 9.55 Å². The molecule has 8 aromatic carbocycles. The molecule has 1 aliphatic heterocycles. The number of hydrogen-bond donors (Lipinski definition) is 0. The molecule has 4 heterocycles. The normalized spacial score (nSPS) is 13.1. The molecule has 0 N–H and O–H groups in total. The molecule has 7 heteroatoms. The van der Waals surface area contributed by atoms with Crippen molar-refractivity contribution in [2.24, 2.45) is 0 Å². The van der Waals surface area contributed by atoms with E-state index in [-0.39, 0.29) is 37.3 Å². The molecule has 0 saturated carbocycles. The van der Waals surface area contributed by atoms with Gasteiger partial charge in [0.1, 0.15) is 17.0 Å². The van der Waals surface area contributed by atoms with E-state index < -0.39 is 0 Å². The molecule has 372 valence electrons. The molecule has 0 bridgehead atoms. The number of pyridine rings is 1. The van der Waals surface area contributed by atoms with E-state index in [1.165, 1.54) is 11.1 Å². The molecule has 1 aliphatic rings. The Kier molecular flexibility index (Phi) is 12.0. The molecule has 0 spiro atoms. The van der Waals surface area contributed by atoms with Gasteiger partial charge in [-0.05, 0) is 123 Å². The van der Waals surface area contributed by atoms with Gasteiger partial charge in [0.15, 0.2) is 0 Å². The summed E-state index contributed by atoms with van der Waals surface area (Å²) in [5, 5.41) is 4.45. The van der Waals surface area contributed by atoms with Crippen LogP contribution in [0.2, 0.25) is 0 Å². The van der Waals surface area contributed by atoms with Crippen LogP contribution in [0.25, 0.3) is 71.8 Å². The fourth-order valence-corrected chi connectivity index (χ4v) is 10.3. The van der Waals surface area contributed by atoms with Gasteiger partial charge in [0.25, 0.3) is 0 Å². The average Bonchev–Trinajstić information content (AvgIpc) is 4.06. The smallest absolute Gasteiger partial charge is 0.136 e. The van der Waals surface area contributed by atoms with Crippen molar-refractivity contribution < 1.29 is 30.2 Å². The van der Waals surface area contributed by atoms with Crippen LogP contribution in [0.4, 0.5) is 22.7 Å². The SMILES string of the molecule is Cc1cc(-n2c3[c-]c(Oc4[c-]c(N5[CH-]N(c6cc(C(C)(C)C)cc(C(C)(C)C)c6)c6ccccc65)cc(C(C)(C)C)c4)ccc3c3ccccc32)ncc1-c1cccc(-c2ccc3c(c2)oc2ccccc23)c1.[Pt]. The van der Waals surface area contributed by atoms with Crippen LogP contribution in [0.15, 0.2) is 174 Å². The fourth-order valence-electron chi connectivity index (χ4n) is 10.3. The first-order chi connectivity index (χ1) is 34.9. The number of fused-ring (bicyclic) bond motifs is 7. The molecular formula is C67H59N4O2Pt-3. The Morgan fingerprint density at radius 1 is 0.514 bits per heavy atom. The van der Waals surface area contributed by atoms with Gasteiger partial charge >= 0.3 is 0 Å². The first kappa shape index (κ1) is 48.8. The first-order valence-electron chi connectivity index (χ1n) is 25.3. The molecular weight excluding hydrogens is 1090 g/mol. The number of aromatic nitrogens is 2. The summed E-state index contributed by atoms with van der Waals surface area (Å²) in [4.78, 5) is 9.75. The topological polar surface area (TPSA) is 46.7 Å².